The highest BCUT2D eigenvalue weighted by Gasteiger charge is 2.56. The molecule has 7 atom stereocenters. The molecule has 4 N–H and O–H groups in total. The van der Waals surface area contributed by atoms with E-state index in [1.807, 2.05) is 67.8 Å². The van der Waals surface area contributed by atoms with Crippen LogP contribution in [-0.2, 0) is 19.1 Å². The van der Waals surface area contributed by atoms with E-state index in [0.717, 1.165) is 63.6 Å². The number of piperidine rings is 1. The minimum atomic E-state index is -0.717. The molecule has 0 spiro atoms. The maximum atomic E-state index is 13.9. The second-order valence-electron chi connectivity index (χ2n) is 17.0. The molecule has 4 amide bonds. The van der Waals surface area contributed by atoms with Gasteiger partial charge < -0.3 is 39.9 Å². The maximum Gasteiger partial charge on any atom is 0.407 e. The molecule has 59 heavy (non-hydrogen) atoms. The molecule has 1 aliphatic carbocycles. The van der Waals surface area contributed by atoms with Crippen LogP contribution in [0.2, 0.25) is 5.15 Å². The van der Waals surface area contributed by atoms with E-state index in [4.69, 9.17) is 31.0 Å². The number of aromatic nitrogens is 4. The van der Waals surface area contributed by atoms with Crippen molar-refractivity contribution in [2.75, 3.05) is 20.8 Å². The second kappa shape index (κ2) is 15.9. The van der Waals surface area contributed by atoms with E-state index < -0.39 is 24.3 Å². The number of hydrogen-bond acceptors (Lipinski definition) is 8. The van der Waals surface area contributed by atoms with Crippen molar-refractivity contribution in [3.8, 4) is 22.4 Å². The van der Waals surface area contributed by atoms with Crippen molar-refractivity contribution in [3.05, 3.63) is 71.4 Å². The predicted octanol–water partition coefficient (Wildman–Crippen LogP) is 7.76. The van der Waals surface area contributed by atoms with Gasteiger partial charge in [-0.2, -0.15) is 0 Å². The van der Waals surface area contributed by atoms with Crippen molar-refractivity contribution in [1.29, 1.82) is 0 Å². The molecule has 8 rings (SSSR count). The van der Waals surface area contributed by atoms with E-state index in [2.05, 4.69) is 51.8 Å². The van der Waals surface area contributed by atoms with Crippen LogP contribution in [0, 0.1) is 23.7 Å². The van der Waals surface area contributed by atoms with Crippen molar-refractivity contribution >= 4 is 57.4 Å². The highest BCUT2D eigenvalue weighted by molar-refractivity contribution is 6.32. The molecular formula is C44H51ClN8O6. The van der Waals surface area contributed by atoms with E-state index in [0.29, 0.717) is 29.1 Å². The van der Waals surface area contributed by atoms with Crippen LogP contribution in [0.1, 0.15) is 77.6 Å². The molecule has 4 heterocycles. The van der Waals surface area contributed by atoms with Crippen LogP contribution in [0.4, 0.5) is 9.59 Å². The number of aromatic amines is 2. The molecule has 3 aromatic carbocycles. The fourth-order valence-electron chi connectivity index (χ4n) is 9.00. The Bertz CT molecular complexity index is 2430. The van der Waals surface area contributed by atoms with Gasteiger partial charge in [-0.25, -0.2) is 19.6 Å². The van der Waals surface area contributed by atoms with Gasteiger partial charge >= 0.3 is 12.2 Å². The number of nitrogens with zero attached hydrogens (tertiary/aromatic N) is 4. The van der Waals surface area contributed by atoms with E-state index in [9.17, 15) is 19.2 Å². The Morgan fingerprint density at radius 3 is 2.05 bits per heavy atom. The van der Waals surface area contributed by atoms with Gasteiger partial charge in [0.05, 0.1) is 37.3 Å². The first-order valence-corrected chi connectivity index (χ1v) is 20.7. The van der Waals surface area contributed by atoms with Gasteiger partial charge in [0.2, 0.25) is 11.8 Å². The first-order valence-electron chi connectivity index (χ1n) is 20.4. The van der Waals surface area contributed by atoms with Crippen LogP contribution in [0.5, 0.6) is 0 Å². The number of halogens is 1. The van der Waals surface area contributed by atoms with Crippen molar-refractivity contribution < 1.29 is 28.7 Å². The number of carbonyl (C=O) groups excluding carboxylic acids is 4. The number of carbonyl (C=O) groups is 4. The van der Waals surface area contributed by atoms with Crippen LogP contribution in [0.3, 0.4) is 0 Å². The monoisotopic (exact) mass is 822 g/mol. The number of methoxy groups -OCH3 is 2. The number of rotatable bonds is 10. The van der Waals surface area contributed by atoms with Gasteiger partial charge in [0.15, 0.2) is 0 Å². The minimum Gasteiger partial charge on any atom is -0.453 e. The Morgan fingerprint density at radius 2 is 1.39 bits per heavy atom. The fraction of sp³-hybridized carbons (Fsp3) is 0.455. The summed E-state index contributed by atoms with van der Waals surface area (Å²) in [6.07, 6.45) is 1.21. The smallest absolute Gasteiger partial charge is 0.407 e. The fourth-order valence-corrected chi connectivity index (χ4v) is 9.25. The van der Waals surface area contributed by atoms with E-state index in [1.54, 1.807) is 0 Å². The van der Waals surface area contributed by atoms with Gasteiger partial charge in [0, 0.05) is 23.5 Å². The molecule has 1 saturated carbocycles. The van der Waals surface area contributed by atoms with Gasteiger partial charge in [-0.05, 0) is 71.6 Å². The molecule has 14 nitrogen and oxygen atoms in total. The van der Waals surface area contributed by atoms with Crippen LogP contribution in [0.15, 0.2) is 54.6 Å². The third kappa shape index (κ3) is 7.58. The summed E-state index contributed by atoms with van der Waals surface area (Å²) in [5.41, 5.74) is 5.23. The van der Waals surface area contributed by atoms with Crippen molar-refractivity contribution in [3.63, 3.8) is 0 Å². The van der Waals surface area contributed by atoms with Gasteiger partial charge in [-0.15, -0.1) is 0 Å². The molecule has 0 radical (unpaired) electrons. The Kier molecular flexibility index (Phi) is 10.8. The zero-order chi connectivity index (χ0) is 41.9. The number of amides is 4. The molecular weight excluding hydrogens is 772 g/mol. The first-order chi connectivity index (χ1) is 28.3. The van der Waals surface area contributed by atoms with E-state index >= 15 is 0 Å². The summed E-state index contributed by atoms with van der Waals surface area (Å²) in [5.74, 6) is 1.47. The van der Waals surface area contributed by atoms with Crippen LogP contribution in [0.25, 0.3) is 44.2 Å². The van der Waals surface area contributed by atoms with Gasteiger partial charge in [-0.3, -0.25) is 9.59 Å². The highest BCUT2D eigenvalue weighted by Crippen LogP contribution is 2.54. The molecule has 2 aromatic heterocycles. The number of likely N-dealkylation sites (tertiary alicyclic amines) is 2. The average molecular weight is 823 g/mol. The Hall–Kier alpha value is -5.63. The molecule has 1 unspecified atom stereocenters. The Morgan fingerprint density at radius 1 is 0.763 bits per heavy atom. The minimum absolute atomic E-state index is 0.117. The summed E-state index contributed by atoms with van der Waals surface area (Å²) in [4.78, 5) is 72.4. The number of ether oxygens (including phenoxy) is 2. The molecule has 310 valence electrons. The van der Waals surface area contributed by atoms with Crippen molar-refractivity contribution in [2.24, 2.45) is 23.7 Å². The number of fused-ring (bicyclic) bond motifs is 4. The number of nitrogens with one attached hydrogen (secondary N) is 4. The molecule has 3 fully saturated rings. The van der Waals surface area contributed by atoms with Gasteiger partial charge in [0.25, 0.3) is 0 Å². The maximum absolute atomic E-state index is 13.9. The summed E-state index contributed by atoms with van der Waals surface area (Å²) >= 11 is 6.78. The van der Waals surface area contributed by atoms with Crippen LogP contribution >= 0.6 is 11.6 Å². The quantitative estimate of drug-likeness (QED) is 0.111. The normalized spacial score (nSPS) is 22.2. The third-order valence-corrected chi connectivity index (χ3v) is 12.5. The van der Waals surface area contributed by atoms with Crippen molar-refractivity contribution in [2.45, 2.75) is 84.1 Å². The summed E-state index contributed by atoms with van der Waals surface area (Å²) < 4.78 is 9.60. The standard InChI is InChI=1S/C44H51ClN8O6/c1-21(2)34(49-43(56)58-6)41(54)52-20-23(5)16-32(52)39-46-30-15-13-27-17-26(12-14-29(27)37(30)48-39)24-8-10-25(11-9-24)36-38(45)51-40(47-36)33-19-28-18-31(28)53(33)42(55)35(22(3)4)50-44(57)59-7/h8-15,17,21-23,28,31-35H,16,18-20H2,1-7H3,(H,46,48)(H,47,51)(H,49,56)(H,50,57)/t23-,28+,31+,32-,33-,34-,35?/m0/s1. The number of alkyl carbamates (subject to hydrolysis) is 2. The molecule has 0 bridgehead atoms. The van der Waals surface area contributed by atoms with Gasteiger partial charge in [-0.1, -0.05) is 88.7 Å². The largest absolute Gasteiger partial charge is 0.453 e. The Labute approximate surface area is 347 Å². The first kappa shape index (κ1) is 40.2. The number of H-pyrrole nitrogens is 2. The predicted molar refractivity (Wildman–Crippen MR) is 224 cm³/mol. The lowest BCUT2D eigenvalue weighted by Gasteiger charge is -2.31. The SMILES string of the molecule is COC(=O)NC(C(=O)N1[C@@H]2C[C@@H]2C[C@H]1c1nc(-c2ccc(-c3ccc4c(ccc5[nH]c([C@@H]6C[C@H](C)CN6C(=O)[C@@H](NC(=O)OC)C(C)C)nc54)c3)cc2)c(Cl)[nH]1)C(C)C. The summed E-state index contributed by atoms with van der Waals surface area (Å²) in [6, 6.07) is 16.7. The lowest BCUT2D eigenvalue weighted by molar-refractivity contribution is -0.137. The molecule has 15 heteroatoms. The average Bonchev–Trinajstić information content (AvgIpc) is 3.59. The highest BCUT2D eigenvalue weighted by atomic mass is 35.5. The number of benzene rings is 3. The topological polar surface area (TPSA) is 175 Å². The van der Waals surface area contributed by atoms with Crippen molar-refractivity contribution in [1.82, 2.24) is 40.4 Å². The van der Waals surface area contributed by atoms with E-state index in [-0.39, 0.29) is 47.7 Å². The molecule has 2 aliphatic heterocycles. The summed E-state index contributed by atoms with van der Waals surface area (Å²) in [5, 5.41) is 7.88. The molecule has 2 saturated heterocycles. The number of imidazole rings is 2. The Balaban J connectivity index is 1.01. The third-order valence-electron chi connectivity index (χ3n) is 12.2. The van der Waals surface area contributed by atoms with Gasteiger partial charge in [0.1, 0.15) is 34.6 Å². The summed E-state index contributed by atoms with van der Waals surface area (Å²) in [7, 11) is 2.58. The van der Waals surface area contributed by atoms with Crippen LogP contribution in [-0.4, -0.2) is 92.6 Å². The zero-order valence-electron chi connectivity index (χ0n) is 34.3. The summed E-state index contributed by atoms with van der Waals surface area (Å²) in [6.45, 7) is 10.3. The lowest BCUT2D eigenvalue weighted by Crippen LogP contribution is -2.52. The second-order valence-corrected chi connectivity index (χ2v) is 17.4. The van der Waals surface area contributed by atoms with Crippen LogP contribution < -0.4 is 10.6 Å². The molecule has 5 aromatic rings. The van der Waals surface area contributed by atoms with E-state index in [1.165, 1.54) is 14.2 Å². The zero-order valence-corrected chi connectivity index (χ0v) is 35.1. The number of hydrogen-bond donors (Lipinski definition) is 4. The molecule has 3 aliphatic rings. The lowest BCUT2D eigenvalue weighted by atomic mass is 9.99.